The number of pyridine rings is 1. The first kappa shape index (κ1) is 11.3. The molecule has 0 aliphatic rings. The molecule has 3 aromatic rings. The van der Waals surface area contributed by atoms with Crippen LogP contribution in [0.4, 0.5) is 0 Å². The lowest BCUT2D eigenvalue weighted by Gasteiger charge is -2.01. The summed E-state index contributed by atoms with van der Waals surface area (Å²) < 4.78 is 8.46. The topological polar surface area (TPSA) is 26.5 Å². The second kappa shape index (κ2) is 4.82. The summed E-state index contributed by atoms with van der Waals surface area (Å²) in [6.07, 6.45) is 1.91. The monoisotopic (exact) mass is 302 g/mol. The molecular weight excluding hydrogens is 292 g/mol. The van der Waals surface area contributed by atoms with Gasteiger partial charge in [-0.05, 0) is 33.6 Å². The number of hydrogen-bond donors (Lipinski definition) is 0. The van der Waals surface area contributed by atoms with E-state index in [0.29, 0.717) is 12.5 Å². The molecule has 0 atom stereocenters. The fourth-order valence-corrected chi connectivity index (χ4v) is 2.07. The minimum Gasteiger partial charge on any atom is -0.472 e. The SMILES string of the molecule is Brc1ccc2cc(OCc3ccccc3)nn2c1. The van der Waals surface area contributed by atoms with E-state index >= 15 is 0 Å². The smallest absolute Gasteiger partial charge is 0.234 e. The maximum Gasteiger partial charge on any atom is 0.234 e. The first-order valence-corrected chi connectivity index (χ1v) is 6.42. The van der Waals surface area contributed by atoms with Gasteiger partial charge < -0.3 is 4.74 Å². The lowest BCUT2D eigenvalue weighted by Crippen LogP contribution is -1.95. The van der Waals surface area contributed by atoms with Crippen molar-refractivity contribution in [3.63, 3.8) is 0 Å². The molecule has 90 valence electrons. The van der Waals surface area contributed by atoms with Gasteiger partial charge in [0.15, 0.2) is 0 Å². The van der Waals surface area contributed by atoms with Crippen LogP contribution in [0, 0.1) is 0 Å². The molecule has 2 heterocycles. The highest BCUT2D eigenvalue weighted by Gasteiger charge is 2.03. The van der Waals surface area contributed by atoms with Gasteiger partial charge in [-0.2, -0.15) is 0 Å². The van der Waals surface area contributed by atoms with Gasteiger partial charge in [0, 0.05) is 16.7 Å². The molecule has 3 nitrogen and oxygen atoms in total. The normalized spacial score (nSPS) is 10.7. The fourth-order valence-electron chi connectivity index (χ4n) is 1.74. The van der Waals surface area contributed by atoms with E-state index in [1.165, 1.54) is 0 Å². The average molecular weight is 303 g/mol. The molecular formula is C14H11BrN2O. The third-order valence-electron chi connectivity index (χ3n) is 2.63. The Labute approximate surface area is 113 Å². The number of hydrogen-bond acceptors (Lipinski definition) is 2. The van der Waals surface area contributed by atoms with Crippen molar-refractivity contribution < 1.29 is 4.74 Å². The summed E-state index contributed by atoms with van der Waals surface area (Å²) in [5.74, 6) is 0.636. The molecule has 0 saturated carbocycles. The van der Waals surface area contributed by atoms with Gasteiger partial charge in [0.1, 0.15) is 6.61 Å². The number of halogens is 1. The second-order valence-electron chi connectivity index (χ2n) is 3.97. The summed E-state index contributed by atoms with van der Waals surface area (Å²) in [7, 11) is 0. The molecule has 4 heteroatoms. The van der Waals surface area contributed by atoms with Crippen LogP contribution in [-0.2, 0) is 6.61 Å². The lowest BCUT2D eigenvalue weighted by molar-refractivity contribution is 0.292. The van der Waals surface area contributed by atoms with Gasteiger partial charge in [-0.1, -0.05) is 30.3 Å². The highest BCUT2D eigenvalue weighted by molar-refractivity contribution is 9.10. The van der Waals surface area contributed by atoms with E-state index < -0.39 is 0 Å². The molecule has 0 bridgehead atoms. The van der Waals surface area contributed by atoms with Crippen LogP contribution in [0.15, 0.2) is 59.2 Å². The summed E-state index contributed by atoms with van der Waals surface area (Å²) in [5.41, 5.74) is 2.15. The van der Waals surface area contributed by atoms with Gasteiger partial charge in [-0.25, -0.2) is 4.52 Å². The molecule has 0 spiro atoms. The average Bonchev–Trinajstić information content (AvgIpc) is 2.79. The molecule has 0 fully saturated rings. The Bertz CT molecular complexity index is 664. The zero-order chi connectivity index (χ0) is 12.4. The lowest BCUT2D eigenvalue weighted by atomic mass is 10.2. The van der Waals surface area contributed by atoms with E-state index in [4.69, 9.17) is 4.74 Å². The maximum absolute atomic E-state index is 5.67. The molecule has 18 heavy (non-hydrogen) atoms. The number of ether oxygens (including phenoxy) is 1. The van der Waals surface area contributed by atoms with Crippen LogP contribution < -0.4 is 4.74 Å². The van der Waals surface area contributed by atoms with Gasteiger partial charge in [0.05, 0.1) is 5.52 Å². The molecule has 3 rings (SSSR count). The fraction of sp³-hybridized carbons (Fsp3) is 0.0714. The van der Waals surface area contributed by atoms with Crippen molar-refractivity contribution >= 4 is 21.4 Å². The van der Waals surface area contributed by atoms with E-state index in [1.54, 1.807) is 4.52 Å². The van der Waals surface area contributed by atoms with E-state index in [2.05, 4.69) is 21.0 Å². The van der Waals surface area contributed by atoms with Crippen molar-refractivity contribution in [3.05, 3.63) is 64.8 Å². The molecule has 0 saturated heterocycles. The summed E-state index contributed by atoms with van der Waals surface area (Å²) in [4.78, 5) is 0. The van der Waals surface area contributed by atoms with Crippen molar-refractivity contribution in [2.45, 2.75) is 6.61 Å². The van der Waals surface area contributed by atoms with Crippen LogP contribution in [-0.4, -0.2) is 9.61 Å². The summed E-state index contributed by atoms with van der Waals surface area (Å²) in [5, 5.41) is 4.35. The van der Waals surface area contributed by atoms with Gasteiger partial charge in [-0.15, -0.1) is 5.10 Å². The first-order chi connectivity index (χ1) is 8.81. The van der Waals surface area contributed by atoms with Gasteiger partial charge >= 0.3 is 0 Å². The van der Waals surface area contributed by atoms with Crippen LogP contribution in [0.2, 0.25) is 0 Å². The first-order valence-electron chi connectivity index (χ1n) is 5.63. The molecule has 0 radical (unpaired) electrons. The number of aromatic nitrogens is 2. The maximum atomic E-state index is 5.67. The van der Waals surface area contributed by atoms with Gasteiger partial charge in [0.25, 0.3) is 0 Å². The van der Waals surface area contributed by atoms with Crippen LogP contribution in [0.1, 0.15) is 5.56 Å². The second-order valence-corrected chi connectivity index (χ2v) is 4.89. The molecule has 0 amide bonds. The third kappa shape index (κ3) is 2.38. The standard InChI is InChI=1S/C14H11BrN2O/c15-12-6-7-13-8-14(16-17(13)9-12)18-10-11-4-2-1-3-5-11/h1-9H,10H2. The number of benzene rings is 1. The van der Waals surface area contributed by atoms with Crippen LogP contribution in [0.25, 0.3) is 5.52 Å². The van der Waals surface area contributed by atoms with Crippen molar-refractivity contribution in [1.29, 1.82) is 0 Å². The van der Waals surface area contributed by atoms with E-state index in [1.807, 2.05) is 54.7 Å². The van der Waals surface area contributed by atoms with Crippen LogP contribution in [0.3, 0.4) is 0 Å². The highest BCUT2D eigenvalue weighted by Crippen LogP contribution is 2.17. The Morgan fingerprint density at radius 1 is 1.11 bits per heavy atom. The Kier molecular flexibility index (Phi) is 3.02. The van der Waals surface area contributed by atoms with E-state index in [9.17, 15) is 0 Å². The number of rotatable bonds is 3. The van der Waals surface area contributed by atoms with Crippen molar-refractivity contribution in [2.75, 3.05) is 0 Å². The van der Waals surface area contributed by atoms with Crippen molar-refractivity contribution in [2.24, 2.45) is 0 Å². The van der Waals surface area contributed by atoms with E-state index in [0.717, 1.165) is 15.6 Å². The molecule has 0 N–H and O–H groups in total. The van der Waals surface area contributed by atoms with Crippen molar-refractivity contribution in [1.82, 2.24) is 9.61 Å². The minimum absolute atomic E-state index is 0.534. The molecule has 0 aliphatic carbocycles. The van der Waals surface area contributed by atoms with Crippen molar-refractivity contribution in [3.8, 4) is 5.88 Å². The minimum atomic E-state index is 0.534. The molecule has 1 aromatic carbocycles. The number of nitrogens with zero attached hydrogens (tertiary/aromatic N) is 2. The van der Waals surface area contributed by atoms with Crippen LogP contribution in [0.5, 0.6) is 5.88 Å². The third-order valence-corrected chi connectivity index (χ3v) is 3.10. The largest absolute Gasteiger partial charge is 0.472 e. The summed E-state index contributed by atoms with van der Waals surface area (Å²) in [6.45, 7) is 0.534. The quantitative estimate of drug-likeness (QED) is 0.738. The predicted octanol–water partition coefficient (Wildman–Crippen LogP) is 3.68. The Morgan fingerprint density at radius 2 is 1.94 bits per heavy atom. The van der Waals surface area contributed by atoms with E-state index in [-0.39, 0.29) is 0 Å². The zero-order valence-electron chi connectivity index (χ0n) is 9.58. The summed E-state index contributed by atoms with van der Waals surface area (Å²) in [6, 6.07) is 16.0. The number of fused-ring (bicyclic) bond motifs is 1. The van der Waals surface area contributed by atoms with Crippen LogP contribution >= 0.6 is 15.9 Å². The Morgan fingerprint density at radius 3 is 2.78 bits per heavy atom. The molecule has 0 unspecified atom stereocenters. The van der Waals surface area contributed by atoms with Gasteiger partial charge in [0.2, 0.25) is 5.88 Å². The highest BCUT2D eigenvalue weighted by atomic mass is 79.9. The van der Waals surface area contributed by atoms with Gasteiger partial charge in [-0.3, -0.25) is 0 Å². The predicted molar refractivity (Wildman–Crippen MR) is 73.7 cm³/mol. The zero-order valence-corrected chi connectivity index (χ0v) is 11.2. The summed E-state index contributed by atoms with van der Waals surface area (Å²) >= 11 is 3.42. The Balaban J connectivity index is 1.79. The molecule has 0 aliphatic heterocycles. The molecule has 2 aromatic heterocycles. The Hall–Kier alpha value is -1.81.